The van der Waals surface area contributed by atoms with E-state index in [1.165, 1.54) is 24.3 Å². The van der Waals surface area contributed by atoms with E-state index in [9.17, 15) is 18.5 Å². The third-order valence-electron chi connectivity index (χ3n) is 3.09. The number of hydrogen-bond acceptors (Lipinski definition) is 6. The van der Waals surface area contributed by atoms with E-state index >= 15 is 0 Å². The molecule has 0 aliphatic carbocycles. The lowest BCUT2D eigenvalue weighted by atomic mass is 10.3. The first kappa shape index (κ1) is 19.7. The number of sulfonamides is 1. The molecule has 0 spiro atoms. The fraction of sp³-hybridized carbons (Fsp3) is 0.0714. The molecule has 0 radical (unpaired) electrons. The van der Waals surface area contributed by atoms with Gasteiger partial charge in [0.1, 0.15) is 5.69 Å². The summed E-state index contributed by atoms with van der Waals surface area (Å²) < 4.78 is 27.3. The summed E-state index contributed by atoms with van der Waals surface area (Å²) in [6.07, 6.45) is 0. The highest BCUT2D eigenvalue weighted by atomic mass is 35.5. The van der Waals surface area contributed by atoms with Gasteiger partial charge >= 0.3 is 0 Å². The molecule has 0 aliphatic rings. The Morgan fingerprint density at radius 1 is 1.23 bits per heavy atom. The highest BCUT2D eigenvalue weighted by Gasteiger charge is 2.21. The molecule has 9 nitrogen and oxygen atoms in total. The number of nitro benzene ring substituents is 1. The number of thiocarbonyl (C=S) groups is 1. The molecule has 0 aliphatic heterocycles. The van der Waals surface area contributed by atoms with Crippen LogP contribution in [0.1, 0.15) is 0 Å². The van der Waals surface area contributed by atoms with Crippen molar-refractivity contribution >= 4 is 56.0 Å². The number of hydrogen-bond donors (Lipinski definition) is 4. The lowest BCUT2D eigenvalue weighted by Gasteiger charge is -2.12. The van der Waals surface area contributed by atoms with Gasteiger partial charge < -0.3 is 5.32 Å². The number of hydrazine groups is 1. The van der Waals surface area contributed by atoms with E-state index in [-0.39, 0.29) is 21.4 Å². The number of rotatable bonds is 6. The maximum atomic E-state index is 12.5. The Labute approximate surface area is 159 Å². The average molecular weight is 416 g/mol. The van der Waals surface area contributed by atoms with E-state index in [2.05, 4.69) is 20.9 Å². The Morgan fingerprint density at radius 3 is 2.58 bits per heavy atom. The molecule has 0 saturated heterocycles. The van der Waals surface area contributed by atoms with Crippen LogP contribution in [0.3, 0.4) is 0 Å². The van der Waals surface area contributed by atoms with Gasteiger partial charge in [0, 0.05) is 18.1 Å². The predicted molar refractivity (Wildman–Crippen MR) is 104 cm³/mol. The summed E-state index contributed by atoms with van der Waals surface area (Å²) in [5.41, 5.74) is 4.94. The van der Waals surface area contributed by atoms with E-state index in [0.717, 1.165) is 6.07 Å². The average Bonchev–Trinajstić information content (AvgIpc) is 2.58. The second-order valence-corrected chi connectivity index (χ2v) is 7.41. The van der Waals surface area contributed by atoms with E-state index in [0.29, 0.717) is 5.02 Å². The van der Waals surface area contributed by atoms with Gasteiger partial charge in [-0.3, -0.25) is 25.7 Å². The molecule has 4 N–H and O–H groups in total. The summed E-state index contributed by atoms with van der Waals surface area (Å²) in [5.74, 6) is 0. The first-order chi connectivity index (χ1) is 12.2. The van der Waals surface area contributed by atoms with Gasteiger partial charge in [0.15, 0.2) is 5.11 Å². The molecule has 12 heteroatoms. The van der Waals surface area contributed by atoms with Crippen LogP contribution >= 0.6 is 23.8 Å². The van der Waals surface area contributed by atoms with Gasteiger partial charge in [-0.1, -0.05) is 17.7 Å². The van der Waals surface area contributed by atoms with Crippen molar-refractivity contribution in [3.8, 4) is 0 Å². The minimum atomic E-state index is -4.04. The fourth-order valence-electron chi connectivity index (χ4n) is 1.89. The van der Waals surface area contributed by atoms with Crippen LogP contribution in [0, 0.1) is 10.1 Å². The third-order valence-corrected chi connectivity index (χ3v) is 5.01. The standard InChI is InChI=1S/C14H14ClN5O4S2/c1-16-14(25)18-17-12-6-5-11(8-13(12)20(21)22)26(23,24)19-10-4-2-3-9(15)7-10/h2-8,17,19H,1H3,(H2,16,18,25). The summed E-state index contributed by atoms with van der Waals surface area (Å²) in [6.45, 7) is 0. The van der Waals surface area contributed by atoms with Crippen LogP contribution in [0.25, 0.3) is 0 Å². The van der Waals surface area contributed by atoms with Crippen molar-refractivity contribution in [3.63, 3.8) is 0 Å². The Balaban J connectivity index is 2.32. The molecule has 0 heterocycles. The zero-order chi connectivity index (χ0) is 19.3. The van der Waals surface area contributed by atoms with Gasteiger partial charge in [-0.2, -0.15) is 0 Å². The zero-order valence-electron chi connectivity index (χ0n) is 13.3. The van der Waals surface area contributed by atoms with Crippen LogP contribution in [0.2, 0.25) is 5.02 Å². The smallest absolute Gasteiger partial charge is 0.295 e. The molecule has 0 atom stereocenters. The molecule has 2 aromatic carbocycles. The molecule has 26 heavy (non-hydrogen) atoms. The Kier molecular flexibility index (Phi) is 6.18. The van der Waals surface area contributed by atoms with Crippen molar-refractivity contribution in [2.24, 2.45) is 0 Å². The van der Waals surface area contributed by atoms with Gasteiger partial charge in [0.25, 0.3) is 15.7 Å². The van der Waals surface area contributed by atoms with Gasteiger partial charge in [0.05, 0.1) is 15.5 Å². The minimum Gasteiger partial charge on any atom is -0.364 e. The van der Waals surface area contributed by atoms with Crippen LogP contribution < -0.4 is 20.9 Å². The number of nitrogens with one attached hydrogen (secondary N) is 4. The molecule has 2 rings (SSSR count). The Hall–Kier alpha value is -2.63. The van der Waals surface area contributed by atoms with Crippen LogP contribution in [0.4, 0.5) is 17.1 Å². The highest BCUT2D eigenvalue weighted by molar-refractivity contribution is 7.92. The van der Waals surface area contributed by atoms with Gasteiger partial charge in [-0.25, -0.2) is 8.42 Å². The predicted octanol–water partition coefficient (Wildman–Crippen LogP) is 2.47. The van der Waals surface area contributed by atoms with Crippen molar-refractivity contribution in [2.75, 3.05) is 17.2 Å². The first-order valence-corrected chi connectivity index (χ1v) is 9.30. The van der Waals surface area contributed by atoms with Crippen LogP contribution in [0.5, 0.6) is 0 Å². The monoisotopic (exact) mass is 415 g/mol. The number of nitro groups is 1. The van der Waals surface area contributed by atoms with Crippen molar-refractivity contribution in [1.29, 1.82) is 0 Å². The first-order valence-electron chi connectivity index (χ1n) is 7.03. The fourth-order valence-corrected chi connectivity index (χ4v) is 3.20. The quantitative estimate of drug-likeness (QED) is 0.322. The van der Waals surface area contributed by atoms with Gasteiger partial charge in [0.2, 0.25) is 0 Å². The molecule has 0 aromatic heterocycles. The summed E-state index contributed by atoms with van der Waals surface area (Å²) in [5, 5.41) is 14.5. The lowest BCUT2D eigenvalue weighted by molar-refractivity contribution is -0.384. The molecule has 0 fully saturated rings. The zero-order valence-corrected chi connectivity index (χ0v) is 15.7. The molecular weight excluding hydrogens is 402 g/mol. The normalized spacial score (nSPS) is 10.7. The second kappa shape index (κ2) is 8.17. The minimum absolute atomic E-state index is 0.0503. The Bertz CT molecular complexity index is 952. The van der Waals surface area contributed by atoms with Crippen LogP contribution in [-0.4, -0.2) is 25.5 Å². The van der Waals surface area contributed by atoms with Gasteiger partial charge in [-0.15, -0.1) is 0 Å². The van der Waals surface area contributed by atoms with E-state index in [1.807, 2.05) is 0 Å². The molecule has 2 aromatic rings. The molecule has 0 saturated carbocycles. The third kappa shape index (κ3) is 4.94. The largest absolute Gasteiger partial charge is 0.364 e. The van der Waals surface area contributed by atoms with Crippen molar-refractivity contribution in [3.05, 3.63) is 57.6 Å². The molecular formula is C14H14ClN5O4S2. The highest BCUT2D eigenvalue weighted by Crippen LogP contribution is 2.28. The Morgan fingerprint density at radius 2 is 1.96 bits per heavy atom. The summed E-state index contributed by atoms with van der Waals surface area (Å²) >= 11 is 10.7. The second-order valence-electron chi connectivity index (χ2n) is 4.88. The summed E-state index contributed by atoms with van der Waals surface area (Å²) in [6, 6.07) is 9.53. The summed E-state index contributed by atoms with van der Waals surface area (Å²) in [7, 11) is -2.47. The SMILES string of the molecule is CNC(=S)NNc1ccc(S(=O)(=O)Nc2cccc(Cl)c2)cc1[N+](=O)[O-]. The van der Waals surface area contributed by atoms with Crippen molar-refractivity contribution in [1.82, 2.24) is 10.7 Å². The van der Waals surface area contributed by atoms with Gasteiger partial charge in [-0.05, 0) is 42.5 Å². The van der Waals surface area contributed by atoms with E-state index in [4.69, 9.17) is 23.8 Å². The molecule has 0 bridgehead atoms. The summed E-state index contributed by atoms with van der Waals surface area (Å²) in [4.78, 5) is 10.3. The van der Waals surface area contributed by atoms with E-state index in [1.54, 1.807) is 19.2 Å². The molecule has 138 valence electrons. The van der Waals surface area contributed by atoms with Crippen molar-refractivity contribution < 1.29 is 13.3 Å². The maximum Gasteiger partial charge on any atom is 0.295 e. The number of halogens is 1. The molecule has 0 amide bonds. The molecule has 0 unspecified atom stereocenters. The topological polar surface area (TPSA) is 125 Å². The van der Waals surface area contributed by atoms with Crippen LogP contribution in [-0.2, 0) is 10.0 Å². The number of benzene rings is 2. The number of anilines is 2. The lowest BCUT2D eigenvalue weighted by Crippen LogP contribution is -2.36. The van der Waals surface area contributed by atoms with E-state index < -0.39 is 20.6 Å². The maximum absolute atomic E-state index is 12.5. The van der Waals surface area contributed by atoms with Crippen LogP contribution in [0.15, 0.2) is 47.4 Å². The number of nitrogens with zero attached hydrogens (tertiary/aromatic N) is 1. The van der Waals surface area contributed by atoms with Crippen molar-refractivity contribution in [2.45, 2.75) is 4.90 Å².